The van der Waals surface area contributed by atoms with Gasteiger partial charge in [-0.25, -0.2) is 14.0 Å². The van der Waals surface area contributed by atoms with Gasteiger partial charge in [0.05, 0.1) is 18.4 Å². The topological polar surface area (TPSA) is 76.2 Å². The molecule has 0 aliphatic rings. The van der Waals surface area contributed by atoms with Gasteiger partial charge in [-0.3, -0.25) is 9.69 Å². The highest BCUT2D eigenvalue weighted by molar-refractivity contribution is 6.01. The first-order valence-corrected chi connectivity index (χ1v) is 8.97. The maximum Gasteiger partial charge on any atom is 0.413 e. The van der Waals surface area contributed by atoms with E-state index in [4.69, 9.17) is 4.74 Å². The summed E-state index contributed by atoms with van der Waals surface area (Å²) in [6, 6.07) is 12.3. The molecule has 0 heterocycles. The summed E-state index contributed by atoms with van der Waals surface area (Å²) in [7, 11) is 2.69. The van der Waals surface area contributed by atoms with Crippen LogP contribution in [-0.4, -0.2) is 50.2 Å². The molecule has 0 atom stereocenters. The molecule has 2 aromatic carbocycles. The van der Waals surface area contributed by atoms with Crippen LogP contribution in [0.2, 0.25) is 0 Å². The molecule has 0 aliphatic heterocycles. The molecule has 0 aromatic heterocycles. The van der Waals surface area contributed by atoms with E-state index in [0.29, 0.717) is 17.8 Å². The van der Waals surface area contributed by atoms with Crippen molar-refractivity contribution >= 4 is 23.7 Å². The Kier molecular flexibility index (Phi) is 7.70. The van der Waals surface area contributed by atoms with Crippen molar-refractivity contribution in [2.24, 2.45) is 0 Å². The Labute approximate surface area is 168 Å². The summed E-state index contributed by atoms with van der Waals surface area (Å²) in [5.74, 6) is -1.54. The number of methoxy groups -OCH3 is 1. The molecule has 2 amide bonds. The zero-order valence-electron chi connectivity index (χ0n) is 16.6. The molecule has 2 aromatic rings. The largest absolute Gasteiger partial charge is 0.452 e. The first-order valence-electron chi connectivity index (χ1n) is 8.97. The predicted octanol–water partition coefficient (Wildman–Crippen LogP) is 3.23. The van der Waals surface area contributed by atoms with Crippen molar-refractivity contribution in [2.75, 3.05) is 32.2 Å². The van der Waals surface area contributed by atoms with E-state index >= 15 is 0 Å². The summed E-state index contributed by atoms with van der Waals surface area (Å²) in [5, 5.41) is 0. The summed E-state index contributed by atoms with van der Waals surface area (Å²) in [4.78, 5) is 39.3. The molecule has 29 heavy (non-hydrogen) atoms. The highest BCUT2D eigenvalue weighted by atomic mass is 19.1. The number of halogens is 1. The van der Waals surface area contributed by atoms with E-state index in [1.807, 2.05) is 0 Å². The lowest BCUT2D eigenvalue weighted by Gasteiger charge is -2.21. The van der Waals surface area contributed by atoms with Gasteiger partial charge in [0.25, 0.3) is 5.91 Å². The Bertz CT molecular complexity index is 887. The number of carbonyl (C=O) groups is 3. The van der Waals surface area contributed by atoms with E-state index in [-0.39, 0.29) is 17.9 Å². The summed E-state index contributed by atoms with van der Waals surface area (Å²) in [6.45, 7) is 1.87. The third-order valence-corrected chi connectivity index (χ3v) is 4.26. The van der Waals surface area contributed by atoms with Crippen molar-refractivity contribution in [2.45, 2.75) is 13.5 Å². The van der Waals surface area contributed by atoms with Gasteiger partial charge in [-0.15, -0.1) is 0 Å². The highest BCUT2D eigenvalue weighted by Gasteiger charge is 2.21. The second kappa shape index (κ2) is 10.2. The third-order valence-electron chi connectivity index (χ3n) is 4.26. The second-order valence-electron chi connectivity index (χ2n) is 6.16. The zero-order chi connectivity index (χ0) is 21.4. The summed E-state index contributed by atoms with van der Waals surface area (Å²) < 4.78 is 23.2. The Morgan fingerprint density at radius 2 is 1.79 bits per heavy atom. The molecule has 0 aliphatic carbocycles. The number of hydrogen-bond acceptors (Lipinski definition) is 5. The van der Waals surface area contributed by atoms with Gasteiger partial charge in [0.15, 0.2) is 6.61 Å². The molecule has 0 fully saturated rings. The van der Waals surface area contributed by atoms with Crippen LogP contribution in [0.15, 0.2) is 48.5 Å². The van der Waals surface area contributed by atoms with Gasteiger partial charge >= 0.3 is 12.1 Å². The molecule has 154 valence electrons. The minimum absolute atomic E-state index is 0.126. The van der Waals surface area contributed by atoms with E-state index in [1.165, 1.54) is 42.2 Å². The van der Waals surface area contributed by atoms with E-state index in [0.717, 1.165) is 0 Å². The van der Waals surface area contributed by atoms with E-state index in [1.54, 1.807) is 37.3 Å². The predicted molar refractivity (Wildman–Crippen MR) is 105 cm³/mol. The first-order chi connectivity index (χ1) is 13.9. The van der Waals surface area contributed by atoms with E-state index in [9.17, 15) is 18.8 Å². The van der Waals surface area contributed by atoms with Gasteiger partial charge in [-0.2, -0.15) is 0 Å². The van der Waals surface area contributed by atoms with Gasteiger partial charge in [0.1, 0.15) is 5.82 Å². The first kappa shape index (κ1) is 21.9. The monoisotopic (exact) mass is 402 g/mol. The number of benzene rings is 2. The minimum atomic E-state index is -0.744. The number of carbonyl (C=O) groups excluding carboxylic acids is 3. The lowest BCUT2D eigenvalue weighted by Crippen LogP contribution is -2.34. The molecule has 0 spiro atoms. The van der Waals surface area contributed by atoms with Gasteiger partial charge in [0.2, 0.25) is 0 Å². The van der Waals surface area contributed by atoms with Crippen LogP contribution in [0.25, 0.3) is 0 Å². The SMILES string of the molecule is CCN(Cc1cccc(F)c1)C(=O)COC(=O)c1ccccc1N(C)C(=O)OC. The van der Waals surface area contributed by atoms with Crippen LogP contribution < -0.4 is 4.90 Å². The van der Waals surface area contributed by atoms with Crippen molar-refractivity contribution < 1.29 is 28.2 Å². The maximum atomic E-state index is 13.3. The smallest absolute Gasteiger partial charge is 0.413 e. The number of likely N-dealkylation sites (N-methyl/N-ethyl adjacent to an activating group) is 1. The average Bonchev–Trinajstić information content (AvgIpc) is 2.74. The average molecular weight is 402 g/mol. The summed E-state index contributed by atoms with van der Waals surface area (Å²) in [6.07, 6.45) is -0.645. The van der Waals surface area contributed by atoms with Gasteiger partial charge in [0, 0.05) is 20.1 Å². The van der Waals surface area contributed by atoms with Gasteiger partial charge in [-0.1, -0.05) is 24.3 Å². The number of anilines is 1. The number of hydrogen-bond donors (Lipinski definition) is 0. The number of ether oxygens (including phenoxy) is 2. The molecule has 0 N–H and O–H groups in total. The second-order valence-corrected chi connectivity index (χ2v) is 6.16. The Balaban J connectivity index is 2.04. The molecule has 8 heteroatoms. The summed E-state index contributed by atoms with van der Waals surface area (Å²) >= 11 is 0. The Morgan fingerprint density at radius 3 is 2.45 bits per heavy atom. The minimum Gasteiger partial charge on any atom is -0.452 e. The van der Waals surface area contributed by atoms with Crippen LogP contribution in [0.5, 0.6) is 0 Å². The fourth-order valence-electron chi connectivity index (χ4n) is 2.70. The fourth-order valence-corrected chi connectivity index (χ4v) is 2.70. The lowest BCUT2D eigenvalue weighted by molar-refractivity contribution is -0.134. The van der Waals surface area contributed by atoms with Crippen molar-refractivity contribution in [3.8, 4) is 0 Å². The molecule has 0 saturated carbocycles. The lowest BCUT2D eigenvalue weighted by atomic mass is 10.1. The molecule has 2 rings (SSSR count). The van der Waals surface area contributed by atoms with Crippen molar-refractivity contribution in [1.29, 1.82) is 0 Å². The Hall–Kier alpha value is -3.42. The van der Waals surface area contributed by atoms with Crippen LogP contribution in [0.1, 0.15) is 22.8 Å². The van der Waals surface area contributed by atoms with Crippen molar-refractivity contribution in [3.05, 3.63) is 65.5 Å². The fraction of sp³-hybridized carbons (Fsp3) is 0.286. The van der Waals surface area contributed by atoms with E-state index < -0.39 is 24.6 Å². The van der Waals surface area contributed by atoms with Crippen molar-refractivity contribution in [1.82, 2.24) is 4.90 Å². The van der Waals surface area contributed by atoms with Crippen LogP contribution in [0.3, 0.4) is 0 Å². The van der Waals surface area contributed by atoms with Crippen LogP contribution >= 0.6 is 0 Å². The van der Waals surface area contributed by atoms with Gasteiger partial charge < -0.3 is 14.4 Å². The highest BCUT2D eigenvalue weighted by Crippen LogP contribution is 2.21. The maximum absolute atomic E-state index is 13.3. The van der Waals surface area contributed by atoms with Crippen LogP contribution in [0, 0.1) is 5.82 Å². The van der Waals surface area contributed by atoms with E-state index in [2.05, 4.69) is 4.74 Å². The molecule has 0 bridgehead atoms. The molecular formula is C21H23FN2O5. The number of rotatable bonds is 7. The number of esters is 1. The quantitative estimate of drug-likeness (QED) is 0.665. The molecular weight excluding hydrogens is 379 g/mol. The number of nitrogens with zero attached hydrogens (tertiary/aromatic N) is 2. The summed E-state index contributed by atoms with van der Waals surface area (Å²) in [5.41, 5.74) is 1.06. The van der Waals surface area contributed by atoms with Crippen LogP contribution in [-0.2, 0) is 20.8 Å². The molecule has 0 radical (unpaired) electrons. The normalized spacial score (nSPS) is 10.2. The van der Waals surface area contributed by atoms with Gasteiger partial charge in [-0.05, 0) is 36.8 Å². The standard InChI is InChI=1S/C21H23FN2O5/c1-4-24(13-15-8-7-9-16(22)12-15)19(25)14-29-20(26)17-10-5-6-11-18(17)23(2)21(27)28-3/h5-12H,4,13-14H2,1-3H3. The number of para-hydroxylation sites is 1. The van der Waals surface area contributed by atoms with Crippen molar-refractivity contribution in [3.63, 3.8) is 0 Å². The number of amides is 2. The Morgan fingerprint density at radius 1 is 1.07 bits per heavy atom. The molecule has 0 unspecified atom stereocenters. The third kappa shape index (κ3) is 5.78. The molecule has 7 nitrogen and oxygen atoms in total. The molecule has 0 saturated heterocycles. The van der Waals surface area contributed by atoms with Crippen LogP contribution in [0.4, 0.5) is 14.9 Å². The zero-order valence-corrected chi connectivity index (χ0v) is 16.6.